The SMILES string of the molecule is Brc1ccccc1.C.CC1(C)c2ccccc2-c2ccc(N(c3ccc(-c4ccccc4)cc3)c3ccc(-c4cc5c(cc4-c4ccccc4)C(c4ccccc4)(c4ccccc4)c4ccccc4-5)cc3)cc21.CC1(C)c2ccccc2-c2ccc(N(c3ccc(-c4ccccc4)cc3)c3ccc(-c4cc5c(cc4B4OC(C)(C)C(C)(C)O4)C(c4ccccc4)(c4ccccc4)c4ccccc4-5)cc3)cc21. The van der Waals surface area contributed by atoms with Crippen molar-refractivity contribution in [1.82, 2.24) is 0 Å². The number of hydrogen-bond acceptors (Lipinski definition) is 4. The molecule has 4 nitrogen and oxygen atoms in total. The molecule has 1 heterocycles. The van der Waals surface area contributed by atoms with Gasteiger partial charge in [-0.05, 0) is 303 Å². The number of nitrogens with zero attached hydrogens (tertiary/aromatic N) is 2. The topological polar surface area (TPSA) is 24.9 Å². The van der Waals surface area contributed by atoms with Gasteiger partial charge in [-0.15, -0.1) is 0 Å². The van der Waals surface area contributed by atoms with Crippen LogP contribution in [0.3, 0.4) is 0 Å². The van der Waals surface area contributed by atoms with Gasteiger partial charge >= 0.3 is 7.12 Å². The van der Waals surface area contributed by atoms with Crippen LogP contribution in [0.25, 0.3) is 100 Å². The van der Waals surface area contributed by atoms with Gasteiger partial charge in [0.25, 0.3) is 0 Å². The number of anilines is 6. The molecule has 1 aliphatic heterocycles. The molecule has 5 aliphatic rings. The molecule has 6 heteroatoms. The van der Waals surface area contributed by atoms with Gasteiger partial charge in [0.2, 0.25) is 0 Å². The molecular weight excluding hydrogens is 1770 g/mol. The Morgan fingerprint density at radius 3 is 0.787 bits per heavy atom. The Hall–Kier alpha value is -15.5. The van der Waals surface area contributed by atoms with Crippen molar-refractivity contribution in [3.05, 3.63) is 569 Å². The van der Waals surface area contributed by atoms with E-state index in [0.29, 0.717) is 0 Å². The first kappa shape index (κ1) is 90.6. The van der Waals surface area contributed by atoms with Gasteiger partial charge in [0, 0.05) is 49.4 Å². The first-order valence-corrected chi connectivity index (χ1v) is 49.7. The Morgan fingerprint density at radius 2 is 0.440 bits per heavy atom. The summed E-state index contributed by atoms with van der Waals surface area (Å²) in [6.45, 7) is 18.0. The largest absolute Gasteiger partial charge is 0.495 e. The number of hydrogen-bond donors (Lipinski definition) is 0. The summed E-state index contributed by atoms with van der Waals surface area (Å²) in [5.41, 5.74) is 42.9. The van der Waals surface area contributed by atoms with E-state index >= 15 is 0 Å². The third-order valence-electron chi connectivity index (χ3n) is 30.5. The lowest BCUT2D eigenvalue weighted by Gasteiger charge is -2.34. The Labute approximate surface area is 839 Å². The van der Waals surface area contributed by atoms with Gasteiger partial charge in [0.15, 0.2) is 0 Å². The summed E-state index contributed by atoms with van der Waals surface area (Å²) >= 11 is 3.31. The van der Waals surface area contributed by atoms with Gasteiger partial charge in [-0.3, -0.25) is 0 Å². The van der Waals surface area contributed by atoms with E-state index in [0.717, 1.165) is 55.2 Å². The second kappa shape index (κ2) is 36.7. The molecule has 0 spiro atoms. The average molecular weight is 1880 g/mol. The first-order chi connectivity index (χ1) is 68.3. The Morgan fingerprint density at radius 1 is 0.191 bits per heavy atom. The zero-order valence-corrected chi connectivity index (χ0v) is 81.6. The van der Waals surface area contributed by atoms with E-state index in [1.807, 2.05) is 30.3 Å². The molecule has 0 saturated carbocycles. The number of benzene rings is 20. The van der Waals surface area contributed by atoms with E-state index in [9.17, 15) is 0 Å². The molecule has 0 atom stereocenters. The van der Waals surface area contributed by atoms with Crippen molar-refractivity contribution in [2.24, 2.45) is 0 Å². The highest BCUT2D eigenvalue weighted by atomic mass is 79.9. The van der Waals surface area contributed by atoms with E-state index < -0.39 is 29.2 Å². The summed E-state index contributed by atoms with van der Waals surface area (Å²) < 4.78 is 15.1. The summed E-state index contributed by atoms with van der Waals surface area (Å²) in [5, 5.41) is 0. The molecule has 20 aromatic carbocycles. The summed E-state index contributed by atoms with van der Waals surface area (Å²) in [5.74, 6) is 0. The summed E-state index contributed by atoms with van der Waals surface area (Å²) in [7, 11) is -0.591. The number of halogens is 1. The van der Waals surface area contributed by atoms with Crippen molar-refractivity contribution in [1.29, 1.82) is 0 Å². The Balaban J connectivity index is 0.000000150. The maximum absolute atomic E-state index is 6.99. The Bertz CT molecular complexity index is 7900. The second-order valence-electron chi connectivity index (χ2n) is 39.6. The van der Waals surface area contributed by atoms with Gasteiger partial charge in [-0.25, -0.2) is 0 Å². The van der Waals surface area contributed by atoms with E-state index in [1.54, 1.807) is 0 Å². The Kier molecular flexibility index (Phi) is 23.6. The van der Waals surface area contributed by atoms with Crippen LogP contribution in [0, 0.1) is 0 Å². The van der Waals surface area contributed by atoms with Crippen molar-refractivity contribution >= 4 is 62.6 Å². The average Bonchev–Trinajstić information content (AvgIpc) is 1.53. The fraction of sp³-hybridized carbons (Fsp3) is 0.111. The molecule has 0 unspecified atom stereocenters. The number of fused-ring (bicyclic) bond motifs is 12. The molecule has 0 bridgehead atoms. The highest BCUT2D eigenvalue weighted by molar-refractivity contribution is 9.10. The molecule has 0 amide bonds. The van der Waals surface area contributed by atoms with Crippen LogP contribution in [-0.2, 0) is 31.0 Å². The van der Waals surface area contributed by atoms with Crippen molar-refractivity contribution in [2.75, 3.05) is 9.80 Å². The van der Waals surface area contributed by atoms with Crippen LogP contribution in [0.2, 0.25) is 0 Å². The van der Waals surface area contributed by atoms with E-state index in [2.05, 4.69) is 548 Å². The molecule has 1 saturated heterocycles. The van der Waals surface area contributed by atoms with Crippen LogP contribution in [0.1, 0.15) is 130 Å². The lowest BCUT2D eigenvalue weighted by Crippen LogP contribution is -2.41. The van der Waals surface area contributed by atoms with Crippen molar-refractivity contribution in [3.63, 3.8) is 0 Å². The summed E-state index contributed by atoms with van der Waals surface area (Å²) in [6, 6.07) is 182. The van der Waals surface area contributed by atoms with Gasteiger partial charge in [0.1, 0.15) is 0 Å². The fourth-order valence-corrected chi connectivity index (χ4v) is 23.2. The molecule has 4 aliphatic carbocycles. The highest BCUT2D eigenvalue weighted by Crippen LogP contribution is 2.61. The second-order valence-corrected chi connectivity index (χ2v) is 40.5. The monoisotopic (exact) mass is 1880 g/mol. The molecule has 0 aromatic heterocycles. The minimum absolute atomic E-state index is 0. The third kappa shape index (κ3) is 15.6. The third-order valence-corrected chi connectivity index (χ3v) is 31.1. The van der Waals surface area contributed by atoms with Crippen LogP contribution in [0.5, 0.6) is 0 Å². The zero-order chi connectivity index (χ0) is 95.1. The van der Waals surface area contributed by atoms with Crippen LogP contribution in [0.15, 0.2) is 502 Å². The normalized spacial score (nSPS) is 14.6. The molecule has 0 radical (unpaired) electrons. The summed E-state index contributed by atoms with van der Waals surface area (Å²) in [4.78, 5) is 4.82. The standard InChI is InChI=1S/C64H54BNO2.C64H47N.C6H5Br.CH4/c1-61(2)56-28-18-16-26-51(56)53-39-38-50(40-58(53)61)66(48-34-30-44(31-35-48)43-20-10-7-11-21-43)49-36-32-45(33-37-49)54-41-55-52-27-17-19-29-57(52)64(46-22-12-8-13-23-46,47-24-14-9-15-25-47)59(55)42-60(54)65-67-62(3,4)63(5,6)68-65;1-63(2)59-29-17-15-27-53(59)55-40-39-52(41-61(55)63)65(50-35-31-45(32-36-50)44-19-7-3-8-20-44)51-37-33-47(34-38-51)56-42-58-54-28-16-18-30-60(54)64(48-23-11-5-12-24-48,49-25-13-6-14-26-49)62(58)43-57(56)46-21-9-4-10-22-46;7-6-4-2-1-3-5-6;/h7-42H,1-6H3;3-43H,1-2H3;1-5H;1H4. The molecule has 25 rings (SSSR count). The minimum atomic E-state index is -0.591. The molecule has 0 N–H and O–H groups in total. The predicted octanol–water partition coefficient (Wildman–Crippen LogP) is 35.4. The van der Waals surface area contributed by atoms with Gasteiger partial charge in [-0.1, -0.05) is 445 Å². The van der Waals surface area contributed by atoms with Crippen LogP contribution < -0.4 is 15.3 Å². The van der Waals surface area contributed by atoms with Crippen molar-refractivity contribution in [2.45, 2.75) is 95.7 Å². The van der Waals surface area contributed by atoms with Crippen LogP contribution in [-0.4, -0.2) is 18.3 Å². The lowest BCUT2D eigenvalue weighted by atomic mass is 9.65. The predicted molar refractivity (Wildman–Crippen MR) is 596 cm³/mol. The first-order valence-electron chi connectivity index (χ1n) is 48.9. The molecular formula is C135H110BBrN2O2. The zero-order valence-electron chi connectivity index (χ0n) is 80.0. The summed E-state index contributed by atoms with van der Waals surface area (Å²) in [6.07, 6.45) is 0. The minimum Gasteiger partial charge on any atom is -0.399 e. The van der Waals surface area contributed by atoms with Gasteiger partial charge in [0.05, 0.1) is 22.0 Å². The van der Waals surface area contributed by atoms with Crippen molar-refractivity contribution in [3.8, 4) is 100 Å². The highest BCUT2D eigenvalue weighted by Gasteiger charge is 2.55. The van der Waals surface area contributed by atoms with Crippen molar-refractivity contribution < 1.29 is 9.31 Å². The molecule has 20 aromatic rings. The van der Waals surface area contributed by atoms with Crippen LogP contribution in [0.4, 0.5) is 34.1 Å². The van der Waals surface area contributed by atoms with Gasteiger partial charge in [-0.2, -0.15) is 0 Å². The van der Waals surface area contributed by atoms with E-state index in [1.165, 1.54) is 156 Å². The maximum Gasteiger partial charge on any atom is 0.495 e. The fourth-order valence-electron chi connectivity index (χ4n) is 22.9. The van der Waals surface area contributed by atoms with E-state index in [-0.39, 0.29) is 18.3 Å². The lowest BCUT2D eigenvalue weighted by molar-refractivity contribution is 0.00578. The maximum atomic E-state index is 6.99. The van der Waals surface area contributed by atoms with Crippen LogP contribution >= 0.6 is 15.9 Å². The molecule has 682 valence electrons. The molecule has 1 fully saturated rings. The quantitative estimate of drug-likeness (QED) is 0.0900. The van der Waals surface area contributed by atoms with Gasteiger partial charge < -0.3 is 19.1 Å². The molecule has 141 heavy (non-hydrogen) atoms. The number of rotatable bonds is 16. The van der Waals surface area contributed by atoms with E-state index in [4.69, 9.17) is 9.31 Å². The smallest absolute Gasteiger partial charge is 0.399 e.